The van der Waals surface area contributed by atoms with Gasteiger partial charge in [-0.25, -0.2) is 4.79 Å². The fraction of sp³-hybridized carbons (Fsp3) is 0.391. The summed E-state index contributed by atoms with van der Waals surface area (Å²) in [4.78, 5) is 36.1. The predicted molar refractivity (Wildman–Crippen MR) is 121 cm³/mol. The van der Waals surface area contributed by atoms with Crippen LogP contribution in [-0.2, 0) is 20.7 Å². The first-order valence-corrected chi connectivity index (χ1v) is 11.2. The first-order valence-electron chi connectivity index (χ1n) is 10.3. The van der Waals surface area contributed by atoms with Crippen molar-refractivity contribution >= 4 is 29.4 Å². The van der Waals surface area contributed by atoms with E-state index in [1.807, 2.05) is 24.3 Å². The second kappa shape index (κ2) is 12.7. The first-order chi connectivity index (χ1) is 15.4. The lowest BCUT2D eigenvalue weighted by molar-refractivity contribution is -0.388. The number of rotatable bonds is 12. The summed E-state index contributed by atoms with van der Waals surface area (Å²) >= 11 is 1.03. The number of nitrogens with zero attached hydrogens (tertiary/aromatic N) is 1. The summed E-state index contributed by atoms with van der Waals surface area (Å²) in [6, 6.07) is 12.0. The summed E-state index contributed by atoms with van der Waals surface area (Å²) in [5, 5.41) is 11.1. The second-order valence-corrected chi connectivity index (χ2v) is 7.94. The normalized spacial score (nSPS) is 11.5. The molecule has 0 amide bonds. The van der Waals surface area contributed by atoms with Crippen LogP contribution >= 0.6 is 11.8 Å². The number of benzene rings is 2. The molecule has 0 aliphatic carbocycles. The van der Waals surface area contributed by atoms with E-state index in [2.05, 4.69) is 0 Å². The molecule has 1 atom stereocenters. The van der Waals surface area contributed by atoms with Crippen molar-refractivity contribution in [2.24, 2.45) is 0 Å². The molecular weight excluding hydrogens is 434 g/mol. The molecule has 0 fully saturated rings. The number of nitro benzene ring substituents is 1. The van der Waals surface area contributed by atoms with Crippen molar-refractivity contribution in [3.05, 3.63) is 63.7 Å². The van der Waals surface area contributed by atoms with Crippen molar-refractivity contribution in [1.29, 1.82) is 0 Å². The highest BCUT2D eigenvalue weighted by molar-refractivity contribution is 8.00. The third kappa shape index (κ3) is 6.71. The van der Waals surface area contributed by atoms with Crippen molar-refractivity contribution in [1.82, 2.24) is 0 Å². The summed E-state index contributed by atoms with van der Waals surface area (Å²) < 4.78 is 15.5. The highest BCUT2D eigenvalue weighted by atomic mass is 32.2. The third-order valence-electron chi connectivity index (χ3n) is 4.60. The number of ether oxygens (including phenoxy) is 3. The molecule has 2 aromatic rings. The van der Waals surface area contributed by atoms with Gasteiger partial charge in [-0.1, -0.05) is 24.3 Å². The fourth-order valence-corrected chi connectivity index (χ4v) is 4.39. The molecule has 0 aliphatic heterocycles. The van der Waals surface area contributed by atoms with Crippen LogP contribution in [0.3, 0.4) is 0 Å². The van der Waals surface area contributed by atoms with Crippen LogP contribution in [0.5, 0.6) is 5.75 Å². The zero-order valence-electron chi connectivity index (χ0n) is 18.4. The number of nitro groups is 1. The van der Waals surface area contributed by atoms with E-state index in [9.17, 15) is 19.7 Å². The van der Waals surface area contributed by atoms with Crippen molar-refractivity contribution in [3.8, 4) is 5.75 Å². The Morgan fingerprint density at radius 3 is 2.44 bits per heavy atom. The van der Waals surface area contributed by atoms with E-state index < -0.39 is 22.1 Å². The number of esters is 2. The number of carbonyl (C=O) groups excluding carboxylic acids is 2. The molecule has 0 aromatic heterocycles. The Morgan fingerprint density at radius 1 is 1.06 bits per heavy atom. The lowest BCUT2D eigenvalue weighted by Gasteiger charge is -2.16. The number of hydrogen-bond acceptors (Lipinski definition) is 8. The van der Waals surface area contributed by atoms with Crippen LogP contribution in [-0.4, -0.2) is 42.4 Å². The van der Waals surface area contributed by atoms with Gasteiger partial charge in [0.1, 0.15) is 16.6 Å². The van der Waals surface area contributed by atoms with Gasteiger partial charge in [0, 0.05) is 0 Å². The van der Waals surface area contributed by atoms with Crippen LogP contribution in [0.25, 0.3) is 0 Å². The third-order valence-corrected chi connectivity index (χ3v) is 5.90. The van der Waals surface area contributed by atoms with E-state index in [-0.39, 0.29) is 29.4 Å². The maximum absolute atomic E-state index is 12.6. The van der Waals surface area contributed by atoms with E-state index in [4.69, 9.17) is 14.2 Å². The van der Waals surface area contributed by atoms with Gasteiger partial charge in [0.05, 0.1) is 30.1 Å². The maximum atomic E-state index is 12.6. The van der Waals surface area contributed by atoms with Crippen LogP contribution in [0.15, 0.2) is 47.4 Å². The molecular formula is C23H27NO7S. The number of thioether (sulfide) groups is 1. The molecule has 0 bridgehead atoms. The molecule has 9 heteroatoms. The van der Waals surface area contributed by atoms with Gasteiger partial charge < -0.3 is 14.2 Å². The van der Waals surface area contributed by atoms with Gasteiger partial charge in [0.2, 0.25) is 0 Å². The Morgan fingerprint density at radius 2 is 1.78 bits per heavy atom. The minimum absolute atomic E-state index is 0.0990. The number of methoxy groups -OCH3 is 1. The highest BCUT2D eigenvalue weighted by Gasteiger charge is 2.30. The molecule has 0 unspecified atom stereocenters. The van der Waals surface area contributed by atoms with Gasteiger partial charge in [0.25, 0.3) is 5.69 Å². The van der Waals surface area contributed by atoms with Crippen molar-refractivity contribution < 1.29 is 28.7 Å². The average molecular weight is 462 g/mol. The van der Waals surface area contributed by atoms with Crippen molar-refractivity contribution in [3.63, 3.8) is 0 Å². The molecule has 172 valence electrons. The first kappa shape index (κ1) is 25.2. The molecule has 0 heterocycles. The highest BCUT2D eigenvalue weighted by Crippen LogP contribution is 2.37. The van der Waals surface area contributed by atoms with Gasteiger partial charge in [-0.05, 0) is 56.9 Å². The number of para-hydroxylation sites is 2. The molecule has 0 N–H and O–H groups in total. The van der Waals surface area contributed by atoms with Crippen LogP contribution in [0, 0.1) is 10.1 Å². The summed E-state index contributed by atoms with van der Waals surface area (Å²) in [5.74, 6) is -0.454. The summed E-state index contributed by atoms with van der Waals surface area (Å²) in [7, 11) is 1.60. The number of hydrogen-bond donors (Lipinski definition) is 0. The Bertz CT molecular complexity index is 948. The lowest BCUT2D eigenvalue weighted by atomic mass is 10.1. The molecule has 0 aliphatic rings. The van der Waals surface area contributed by atoms with Gasteiger partial charge >= 0.3 is 11.9 Å². The lowest BCUT2D eigenvalue weighted by Crippen LogP contribution is -2.21. The van der Waals surface area contributed by atoms with Gasteiger partial charge in [-0.15, -0.1) is 11.8 Å². The van der Waals surface area contributed by atoms with Crippen molar-refractivity contribution in [2.45, 2.75) is 43.3 Å². The van der Waals surface area contributed by atoms with Crippen LogP contribution < -0.4 is 4.74 Å². The molecule has 2 rings (SSSR count). The quantitative estimate of drug-likeness (QED) is 0.192. The van der Waals surface area contributed by atoms with Crippen LogP contribution in [0.4, 0.5) is 5.69 Å². The summed E-state index contributed by atoms with van der Waals surface area (Å²) in [6.45, 7) is 3.63. The summed E-state index contributed by atoms with van der Waals surface area (Å²) in [6.07, 6.45) is 1.75. The Hall–Kier alpha value is -3.07. The Balaban J connectivity index is 2.25. The van der Waals surface area contributed by atoms with E-state index >= 15 is 0 Å². The van der Waals surface area contributed by atoms with E-state index in [1.54, 1.807) is 27.0 Å². The Labute approximate surface area is 191 Å². The SMILES string of the molecule is CCOC(=O)c1cccc(S[C@@H](CCCc2ccccc2OC)C(=O)OCC)c1[N+](=O)[O-]. The van der Waals surface area contributed by atoms with Crippen molar-refractivity contribution in [2.75, 3.05) is 20.3 Å². The molecule has 0 saturated carbocycles. The van der Waals surface area contributed by atoms with Gasteiger partial charge in [-0.2, -0.15) is 0 Å². The molecule has 2 aromatic carbocycles. The smallest absolute Gasteiger partial charge is 0.345 e. The second-order valence-electron chi connectivity index (χ2n) is 6.69. The topological polar surface area (TPSA) is 105 Å². The number of carbonyl (C=O) groups is 2. The monoisotopic (exact) mass is 461 g/mol. The standard InChI is InChI=1S/C23H27NO7S/c1-4-30-22(25)17-12-9-14-19(21(17)24(27)28)32-20(23(26)31-5-2)15-8-11-16-10-6-7-13-18(16)29-3/h6-7,9-10,12-14,20H,4-5,8,11,15H2,1-3H3/t20-/m0/s1. The van der Waals surface area contributed by atoms with Crippen LogP contribution in [0.2, 0.25) is 0 Å². The zero-order valence-corrected chi connectivity index (χ0v) is 19.2. The Kier molecular flexibility index (Phi) is 10.0. The van der Waals surface area contributed by atoms with E-state index in [0.29, 0.717) is 19.3 Å². The predicted octanol–water partition coefficient (Wildman–Crippen LogP) is 4.83. The number of aryl methyl sites for hydroxylation is 1. The molecule has 32 heavy (non-hydrogen) atoms. The fourth-order valence-electron chi connectivity index (χ4n) is 3.18. The molecule has 0 spiro atoms. The minimum atomic E-state index is -0.773. The van der Waals surface area contributed by atoms with Gasteiger partial charge in [0.15, 0.2) is 0 Å². The minimum Gasteiger partial charge on any atom is -0.496 e. The zero-order chi connectivity index (χ0) is 23.5. The largest absolute Gasteiger partial charge is 0.496 e. The van der Waals surface area contributed by atoms with Crippen LogP contribution in [0.1, 0.15) is 42.6 Å². The maximum Gasteiger partial charge on any atom is 0.345 e. The average Bonchev–Trinajstić information content (AvgIpc) is 2.78. The van der Waals surface area contributed by atoms with E-state index in [1.165, 1.54) is 12.1 Å². The molecule has 0 saturated heterocycles. The molecule has 0 radical (unpaired) electrons. The van der Waals surface area contributed by atoms with Gasteiger partial charge in [-0.3, -0.25) is 14.9 Å². The molecule has 8 nitrogen and oxygen atoms in total. The summed E-state index contributed by atoms with van der Waals surface area (Å²) in [5.41, 5.74) is 0.506. The van der Waals surface area contributed by atoms with E-state index in [0.717, 1.165) is 23.1 Å².